The van der Waals surface area contributed by atoms with Gasteiger partial charge in [0.15, 0.2) is 0 Å². The molecule has 1 aliphatic heterocycles. The lowest BCUT2D eigenvalue weighted by atomic mass is 9.97. The summed E-state index contributed by atoms with van der Waals surface area (Å²) in [6.07, 6.45) is 0.509. The Bertz CT molecular complexity index is 1650. The molecule has 4 aromatic rings. The fraction of sp³-hybridized carbons (Fsp3) is 0.207. The van der Waals surface area contributed by atoms with Gasteiger partial charge in [0, 0.05) is 6.42 Å². The van der Waals surface area contributed by atoms with Crippen molar-refractivity contribution in [2.45, 2.75) is 32.9 Å². The van der Waals surface area contributed by atoms with Crippen LogP contribution in [0.2, 0.25) is 0 Å². The summed E-state index contributed by atoms with van der Waals surface area (Å²) >= 11 is 0. The summed E-state index contributed by atoms with van der Waals surface area (Å²) in [5.41, 5.74) is 3.06. The molecule has 0 saturated carbocycles. The molecule has 1 aromatic heterocycles. The first kappa shape index (κ1) is 23.9. The number of fused-ring (bicyclic) bond motifs is 1. The first-order valence-electron chi connectivity index (χ1n) is 11.9. The maximum Gasteiger partial charge on any atom is 0.285 e. The van der Waals surface area contributed by atoms with Gasteiger partial charge in [0.05, 0.1) is 24.6 Å². The zero-order chi connectivity index (χ0) is 26.1. The molecule has 184 valence electrons. The number of nitrogens with zero attached hydrogens (tertiary/aromatic N) is 5. The topological polar surface area (TPSA) is 101 Å². The Kier molecular flexibility index (Phi) is 6.28. The van der Waals surface area contributed by atoms with E-state index in [0.717, 1.165) is 32.3 Å². The van der Waals surface area contributed by atoms with Crippen molar-refractivity contribution in [3.8, 4) is 11.8 Å². The molecule has 1 atom stereocenters. The summed E-state index contributed by atoms with van der Waals surface area (Å²) < 4.78 is 6.34. The lowest BCUT2D eigenvalue weighted by Gasteiger charge is -2.22. The van der Waals surface area contributed by atoms with Crippen molar-refractivity contribution in [1.29, 1.82) is 5.26 Å². The van der Waals surface area contributed by atoms with E-state index < -0.39 is 11.5 Å². The van der Waals surface area contributed by atoms with Crippen LogP contribution in [0.15, 0.2) is 76.6 Å². The third kappa shape index (κ3) is 4.47. The molecule has 0 spiro atoms. The number of carbonyl (C=O) groups excluding carboxylic acids is 1. The molecule has 37 heavy (non-hydrogen) atoms. The van der Waals surface area contributed by atoms with Crippen LogP contribution >= 0.6 is 0 Å². The fourth-order valence-corrected chi connectivity index (χ4v) is 4.58. The second-order valence-electron chi connectivity index (χ2n) is 9.00. The number of aromatic nitrogens is 2. The normalized spacial score (nSPS) is 14.9. The number of nitriles is 1. The molecule has 2 heterocycles. The highest BCUT2D eigenvalue weighted by atomic mass is 16.5. The molecular formula is C29H25N5O3. The zero-order valence-corrected chi connectivity index (χ0v) is 20.8. The van der Waals surface area contributed by atoms with E-state index in [9.17, 15) is 14.9 Å². The number of amides is 1. The smallest absolute Gasteiger partial charge is 0.285 e. The molecule has 0 bridgehead atoms. The van der Waals surface area contributed by atoms with E-state index in [1.54, 1.807) is 21.0 Å². The predicted molar refractivity (Wildman–Crippen MR) is 140 cm³/mol. The van der Waals surface area contributed by atoms with E-state index >= 15 is 0 Å². The molecule has 0 unspecified atom stereocenters. The highest BCUT2D eigenvalue weighted by molar-refractivity contribution is 6.05. The molecular weight excluding hydrogens is 466 g/mol. The van der Waals surface area contributed by atoms with Crippen LogP contribution in [0.5, 0.6) is 5.75 Å². The van der Waals surface area contributed by atoms with Gasteiger partial charge in [-0.3, -0.25) is 9.59 Å². The van der Waals surface area contributed by atoms with Gasteiger partial charge >= 0.3 is 0 Å². The average Bonchev–Trinajstić information content (AvgIpc) is 3.37. The predicted octanol–water partition coefficient (Wildman–Crippen LogP) is 4.27. The van der Waals surface area contributed by atoms with Crippen LogP contribution in [-0.4, -0.2) is 33.5 Å². The first-order valence-corrected chi connectivity index (χ1v) is 11.9. The summed E-state index contributed by atoms with van der Waals surface area (Å²) in [6, 6.07) is 23.3. The van der Waals surface area contributed by atoms with Crippen LogP contribution in [-0.2, 0) is 11.3 Å². The van der Waals surface area contributed by atoms with Crippen molar-refractivity contribution < 1.29 is 9.53 Å². The Morgan fingerprint density at radius 2 is 1.81 bits per heavy atom. The van der Waals surface area contributed by atoms with E-state index in [1.807, 2.05) is 60.7 Å². The summed E-state index contributed by atoms with van der Waals surface area (Å²) in [7, 11) is 1.60. The van der Waals surface area contributed by atoms with Gasteiger partial charge in [0.25, 0.3) is 11.5 Å². The summed E-state index contributed by atoms with van der Waals surface area (Å²) in [5, 5.41) is 22.1. The van der Waals surface area contributed by atoms with Crippen molar-refractivity contribution in [2.24, 2.45) is 5.10 Å². The molecule has 8 nitrogen and oxygen atoms in total. The SMILES string of the molecule is COc1ccc([C@H]2CC(c3ccc4ccccc4c3)=NN2C(=O)Cn2nc(C)c(C)c(C#N)c2=O)cc1. The van der Waals surface area contributed by atoms with Gasteiger partial charge in [-0.2, -0.15) is 15.5 Å². The van der Waals surface area contributed by atoms with E-state index in [0.29, 0.717) is 23.4 Å². The quantitative estimate of drug-likeness (QED) is 0.415. The minimum atomic E-state index is -0.585. The number of benzene rings is 3. The third-order valence-electron chi connectivity index (χ3n) is 6.78. The molecule has 0 aliphatic carbocycles. The molecule has 3 aromatic carbocycles. The molecule has 1 amide bonds. The van der Waals surface area contributed by atoms with Gasteiger partial charge in [0.1, 0.15) is 23.9 Å². The third-order valence-corrected chi connectivity index (χ3v) is 6.78. The van der Waals surface area contributed by atoms with Gasteiger partial charge < -0.3 is 4.74 Å². The molecule has 0 N–H and O–H groups in total. The van der Waals surface area contributed by atoms with Gasteiger partial charge in [-0.15, -0.1) is 0 Å². The summed E-state index contributed by atoms with van der Waals surface area (Å²) in [4.78, 5) is 26.4. The van der Waals surface area contributed by atoms with Crippen molar-refractivity contribution >= 4 is 22.4 Å². The minimum Gasteiger partial charge on any atom is -0.497 e. The van der Waals surface area contributed by atoms with E-state index in [-0.39, 0.29) is 18.2 Å². The van der Waals surface area contributed by atoms with Crippen molar-refractivity contribution in [3.05, 3.63) is 105 Å². The van der Waals surface area contributed by atoms with Gasteiger partial charge in [-0.25, -0.2) is 9.69 Å². The van der Waals surface area contributed by atoms with Gasteiger partial charge in [-0.05, 0) is 59.5 Å². The monoisotopic (exact) mass is 491 g/mol. The Morgan fingerprint density at radius 3 is 2.51 bits per heavy atom. The number of carbonyl (C=O) groups is 1. The number of ether oxygens (including phenoxy) is 1. The average molecular weight is 492 g/mol. The largest absolute Gasteiger partial charge is 0.497 e. The van der Waals surface area contributed by atoms with Crippen LogP contribution in [0.4, 0.5) is 0 Å². The van der Waals surface area contributed by atoms with Crippen LogP contribution in [0.1, 0.15) is 40.4 Å². The molecule has 1 aliphatic rings. The maximum atomic E-state index is 13.6. The number of hydrogen-bond acceptors (Lipinski definition) is 6. The maximum absolute atomic E-state index is 13.6. The van der Waals surface area contributed by atoms with Crippen molar-refractivity contribution in [1.82, 2.24) is 14.8 Å². The second-order valence-corrected chi connectivity index (χ2v) is 9.00. The number of methoxy groups -OCH3 is 1. The Balaban J connectivity index is 1.53. The highest BCUT2D eigenvalue weighted by Crippen LogP contribution is 2.34. The van der Waals surface area contributed by atoms with Crippen molar-refractivity contribution in [3.63, 3.8) is 0 Å². The second kappa shape index (κ2) is 9.70. The molecule has 8 heteroatoms. The lowest BCUT2D eigenvalue weighted by Crippen LogP contribution is -2.36. The molecule has 0 fully saturated rings. The molecule has 5 rings (SSSR count). The van der Waals surface area contributed by atoms with Gasteiger partial charge in [0.2, 0.25) is 0 Å². The van der Waals surface area contributed by atoms with E-state index in [2.05, 4.69) is 17.2 Å². The van der Waals surface area contributed by atoms with Crippen molar-refractivity contribution in [2.75, 3.05) is 7.11 Å². The zero-order valence-electron chi connectivity index (χ0n) is 20.8. The Hall–Kier alpha value is -4.77. The Morgan fingerprint density at radius 1 is 1.08 bits per heavy atom. The number of aryl methyl sites for hydroxylation is 1. The van der Waals surface area contributed by atoms with Crippen LogP contribution < -0.4 is 10.3 Å². The van der Waals surface area contributed by atoms with Crippen LogP contribution in [0.3, 0.4) is 0 Å². The standard InChI is InChI=1S/C29H25N5O3/c1-18-19(2)31-33(29(36)25(18)16-30)17-28(35)34-27(21-10-12-24(37-3)13-11-21)15-26(32-34)23-9-8-20-6-4-5-7-22(20)14-23/h4-14,27H,15,17H2,1-3H3/t27-/m1/s1. The van der Waals surface area contributed by atoms with Crippen LogP contribution in [0, 0.1) is 25.2 Å². The number of hydrogen-bond donors (Lipinski definition) is 0. The van der Waals surface area contributed by atoms with E-state index in [1.165, 1.54) is 5.01 Å². The minimum absolute atomic E-state index is 0.00576. The first-order chi connectivity index (χ1) is 17.9. The van der Waals surface area contributed by atoms with Crippen LogP contribution in [0.25, 0.3) is 10.8 Å². The van der Waals surface area contributed by atoms with E-state index in [4.69, 9.17) is 9.84 Å². The summed E-state index contributed by atoms with van der Waals surface area (Å²) in [5.74, 6) is 0.323. The Labute approximate surface area is 214 Å². The fourth-order valence-electron chi connectivity index (χ4n) is 4.58. The molecule has 0 radical (unpaired) electrons. The summed E-state index contributed by atoms with van der Waals surface area (Å²) in [6.45, 7) is 3.06. The molecule has 0 saturated heterocycles. The lowest BCUT2D eigenvalue weighted by molar-refractivity contribution is -0.133. The number of rotatable bonds is 5. The highest BCUT2D eigenvalue weighted by Gasteiger charge is 2.33. The number of hydrazone groups is 1. The van der Waals surface area contributed by atoms with Gasteiger partial charge in [-0.1, -0.05) is 48.5 Å².